The number of carbonyl (C=O) groups excluding carboxylic acids is 3. The molecule has 0 spiro atoms. The maximum Gasteiger partial charge on any atom is 0.338 e. The molecule has 2 amide bonds. The molecular formula is C21H20N2O6. The number of esters is 1. The zero-order chi connectivity index (χ0) is 20.4. The van der Waals surface area contributed by atoms with Crippen molar-refractivity contribution >= 4 is 17.8 Å². The Morgan fingerprint density at radius 1 is 1.21 bits per heavy atom. The molecule has 0 saturated carbocycles. The Hall–Kier alpha value is -3.55. The number of hydrogen-bond acceptors (Lipinski definition) is 6. The highest BCUT2D eigenvalue weighted by molar-refractivity contribution is 6.01. The van der Waals surface area contributed by atoms with Gasteiger partial charge in [-0.3, -0.25) is 4.79 Å². The van der Waals surface area contributed by atoms with Crippen molar-refractivity contribution in [3.63, 3.8) is 0 Å². The van der Waals surface area contributed by atoms with Gasteiger partial charge in [-0.1, -0.05) is 12.1 Å². The number of ketones is 1. The van der Waals surface area contributed by atoms with E-state index in [2.05, 4.69) is 10.6 Å². The highest BCUT2D eigenvalue weighted by atomic mass is 16.5. The summed E-state index contributed by atoms with van der Waals surface area (Å²) in [5.41, 5.74) is 2.00. The summed E-state index contributed by atoms with van der Waals surface area (Å²) >= 11 is 0. The van der Waals surface area contributed by atoms with Crippen LogP contribution in [0.25, 0.3) is 0 Å². The minimum Gasteiger partial charge on any atom is -0.487 e. The summed E-state index contributed by atoms with van der Waals surface area (Å²) in [6.07, 6.45) is 2.53. The van der Waals surface area contributed by atoms with Gasteiger partial charge in [0.2, 0.25) is 0 Å². The number of Topliss-reactive ketones (excluding diaryl/α,β-unsaturated/α-hetero) is 1. The molecule has 1 aromatic heterocycles. The van der Waals surface area contributed by atoms with Crippen LogP contribution in [0.1, 0.15) is 41.1 Å². The molecule has 29 heavy (non-hydrogen) atoms. The fraction of sp³-hybridized carbons (Fsp3) is 0.286. The van der Waals surface area contributed by atoms with Crippen molar-refractivity contribution in [2.75, 3.05) is 13.2 Å². The van der Waals surface area contributed by atoms with E-state index < -0.39 is 18.0 Å². The zero-order valence-corrected chi connectivity index (χ0v) is 15.8. The second-order valence-corrected chi connectivity index (χ2v) is 6.65. The topological polar surface area (TPSA) is 107 Å². The molecule has 2 heterocycles. The lowest BCUT2D eigenvalue weighted by atomic mass is 10.0. The molecule has 2 N–H and O–H groups in total. The van der Waals surface area contributed by atoms with Crippen LogP contribution in [0.4, 0.5) is 4.79 Å². The molecule has 0 unspecified atom stereocenters. The first kappa shape index (κ1) is 18.8. The van der Waals surface area contributed by atoms with Crippen LogP contribution in [-0.2, 0) is 16.0 Å². The summed E-state index contributed by atoms with van der Waals surface area (Å²) in [7, 11) is 0. The van der Waals surface area contributed by atoms with Gasteiger partial charge in [0.25, 0.3) is 0 Å². The quantitative estimate of drug-likeness (QED) is 0.727. The van der Waals surface area contributed by atoms with Crippen LogP contribution in [0.5, 0.6) is 5.75 Å². The second-order valence-electron chi connectivity index (χ2n) is 6.65. The molecule has 1 aliphatic heterocycles. The van der Waals surface area contributed by atoms with Crippen LogP contribution >= 0.6 is 0 Å². The number of urea groups is 1. The van der Waals surface area contributed by atoms with Crippen molar-refractivity contribution in [3.05, 3.63) is 64.8 Å². The Morgan fingerprint density at radius 3 is 2.83 bits per heavy atom. The number of benzene rings is 1. The van der Waals surface area contributed by atoms with Gasteiger partial charge in [-0.25, -0.2) is 9.59 Å². The summed E-state index contributed by atoms with van der Waals surface area (Å²) in [6.45, 7) is 1.82. The van der Waals surface area contributed by atoms with E-state index >= 15 is 0 Å². The van der Waals surface area contributed by atoms with Crippen molar-refractivity contribution in [1.29, 1.82) is 0 Å². The first-order valence-electron chi connectivity index (χ1n) is 9.37. The lowest BCUT2D eigenvalue weighted by molar-refractivity contribution is -0.139. The Labute approximate surface area is 166 Å². The molecule has 8 heteroatoms. The van der Waals surface area contributed by atoms with Crippen LogP contribution in [0.3, 0.4) is 0 Å². The average Bonchev–Trinajstić information content (AvgIpc) is 3.37. The molecule has 150 valence electrons. The molecule has 0 bridgehead atoms. The number of hydrogen-bond donors (Lipinski definition) is 2. The van der Waals surface area contributed by atoms with Crippen LogP contribution in [0.15, 0.2) is 52.3 Å². The lowest BCUT2D eigenvalue weighted by Crippen LogP contribution is -2.47. The summed E-state index contributed by atoms with van der Waals surface area (Å²) in [4.78, 5) is 36.8. The van der Waals surface area contributed by atoms with Gasteiger partial charge in [0, 0.05) is 17.5 Å². The summed E-state index contributed by atoms with van der Waals surface area (Å²) in [5.74, 6) is 0.483. The molecule has 4 rings (SSSR count). The van der Waals surface area contributed by atoms with E-state index in [1.54, 1.807) is 37.3 Å². The normalized spacial score (nSPS) is 18.2. The predicted molar refractivity (Wildman–Crippen MR) is 101 cm³/mol. The molecule has 1 aliphatic carbocycles. The SMILES string of the molecule is CCOC(=O)C1=C(COc2cccc3c2CCC3=O)NC(=O)N[C@H]1c1ccco1. The Kier molecular flexibility index (Phi) is 5.07. The average molecular weight is 396 g/mol. The molecule has 8 nitrogen and oxygen atoms in total. The van der Waals surface area contributed by atoms with E-state index in [1.165, 1.54) is 6.26 Å². The monoisotopic (exact) mass is 396 g/mol. The molecule has 1 aromatic carbocycles. The number of carbonyl (C=O) groups is 3. The maximum absolute atomic E-state index is 12.6. The van der Waals surface area contributed by atoms with Gasteiger partial charge >= 0.3 is 12.0 Å². The van der Waals surface area contributed by atoms with Gasteiger partial charge in [0.15, 0.2) is 5.78 Å². The number of ether oxygens (including phenoxy) is 2. The molecule has 0 radical (unpaired) electrons. The number of rotatable bonds is 6. The molecule has 2 aliphatic rings. The lowest BCUT2D eigenvalue weighted by Gasteiger charge is -2.28. The largest absolute Gasteiger partial charge is 0.487 e. The Bertz CT molecular complexity index is 993. The number of amides is 2. The number of fused-ring (bicyclic) bond motifs is 1. The molecule has 0 fully saturated rings. The minimum atomic E-state index is -0.792. The molecule has 0 saturated heterocycles. The van der Waals surface area contributed by atoms with E-state index in [0.717, 1.165) is 5.56 Å². The van der Waals surface area contributed by atoms with Crippen LogP contribution < -0.4 is 15.4 Å². The van der Waals surface area contributed by atoms with Gasteiger partial charge in [0.1, 0.15) is 24.2 Å². The third-order valence-electron chi connectivity index (χ3n) is 4.88. The van der Waals surface area contributed by atoms with Crippen molar-refractivity contribution in [3.8, 4) is 5.75 Å². The van der Waals surface area contributed by atoms with E-state index in [4.69, 9.17) is 13.9 Å². The fourth-order valence-corrected chi connectivity index (χ4v) is 3.59. The van der Waals surface area contributed by atoms with Gasteiger partial charge in [0.05, 0.1) is 24.1 Å². The first-order valence-corrected chi connectivity index (χ1v) is 9.37. The van der Waals surface area contributed by atoms with Gasteiger partial charge < -0.3 is 24.5 Å². The van der Waals surface area contributed by atoms with Gasteiger partial charge in [-0.15, -0.1) is 0 Å². The second kappa shape index (κ2) is 7.83. The number of furan rings is 1. The third kappa shape index (κ3) is 3.61. The predicted octanol–water partition coefficient (Wildman–Crippen LogP) is 2.66. The highest BCUT2D eigenvalue weighted by Crippen LogP contribution is 2.32. The summed E-state index contributed by atoms with van der Waals surface area (Å²) in [6, 6.07) is 7.38. The highest BCUT2D eigenvalue weighted by Gasteiger charge is 2.35. The van der Waals surface area contributed by atoms with E-state index in [-0.39, 0.29) is 30.3 Å². The van der Waals surface area contributed by atoms with Crippen LogP contribution in [0.2, 0.25) is 0 Å². The van der Waals surface area contributed by atoms with Gasteiger partial charge in [-0.2, -0.15) is 0 Å². The summed E-state index contributed by atoms with van der Waals surface area (Å²) < 4.78 is 16.5. The Morgan fingerprint density at radius 2 is 2.07 bits per heavy atom. The van der Waals surface area contributed by atoms with Crippen LogP contribution in [0, 0.1) is 0 Å². The minimum absolute atomic E-state index is 0.0661. The smallest absolute Gasteiger partial charge is 0.338 e. The van der Waals surface area contributed by atoms with E-state index in [0.29, 0.717) is 29.9 Å². The standard InChI is InChI=1S/C21H20N2O6/c1-2-27-20(25)18-14(22-21(26)23-19(18)17-7-4-10-28-17)11-29-16-6-3-5-12-13(16)8-9-15(12)24/h3-7,10,19H,2,8-9,11H2,1H3,(H2,22,23,26)/t19-/m0/s1. The molecule has 2 aromatic rings. The zero-order valence-electron chi connectivity index (χ0n) is 15.8. The first-order chi connectivity index (χ1) is 14.1. The van der Waals surface area contributed by atoms with Crippen LogP contribution in [-0.4, -0.2) is 31.0 Å². The third-order valence-corrected chi connectivity index (χ3v) is 4.88. The summed E-state index contributed by atoms with van der Waals surface area (Å²) in [5, 5.41) is 5.32. The van der Waals surface area contributed by atoms with Crippen molar-refractivity contribution < 1.29 is 28.3 Å². The Balaban J connectivity index is 1.67. The molecule has 1 atom stereocenters. The van der Waals surface area contributed by atoms with Crippen molar-refractivity contribution in [2.45, 2.75) is 25.8 Å². The van der Waals surface area contributed by atoms with Gasteiger partial charge in [-0.05, 0) is 31.5 Å². The van der Waals surface area contributed by atoms with E-state index in [9.17, 15) is 14.4 Å². The van der Waals surface area contributed by atoms with E-state index in [1.807, 2.05) is 0 Å². The van der Waals surface area contributed by atoms with Crippen molar-refractivity contribution in [2.24, 2.45) is 0 Å². The maximum atomic E-state index is 12.6. The number of nitrogens with one attached hydrogen (secondary N) is 2. The van der Waals surface area contributed by atoms with Crippen molar-refractivity contribution in [1.82, 2.24) is 10.6 Å². The molecular weight excluding hydrogens is 376 g/mol. The fourth-order valence-electron chi connectivity index (χ4n) is 3.59.